The van der Waals surface area contributed by atoms with Crippen LogP contribution >= 0.6 is 0 Å². The van der Waals surface area contributed by atoms with E-state index in [1.807, 2.05) is 0 Å². The number of hydrogen-bond donors (Lipinski definition) is 0. The molecule has 0 N–H and O–H groups in total. The standard InChI is InChI=1S/C15H28OSi/c1-8-17(9-2,10-3)13-11-14(15(5,6)7)16-12(13)4/h11H,8-10H2,1-7H3. The molecule has 1 aromatic heterocycles. The minimum atomic E-state index is -1.29. The van der Waals surface area contributed by atoms with Gasteiger partial charge in [-0.25, -0.2) is 0 Å². The molecule has 0 aliphatic rings. The quantitative estimate of drug-likeness (QED) is 0.714. The lowest BCUT2D eigenvalue weighted by Gasteiger charge is -2.27. The van der Waals surface area contributed by atoms with Crippen LogP contribution in [0.5, 0.6) is 0 Å². The molecule has 1 rings (SSSR count). The van der Waals surface area contributed by atoms with Gasteiger partial charge in [0.25, 0.3) is 0 Å². The van der Waals surface area contributed by atoms with Crippen LogP contribution in [0.4, 0.5) is 0 Å². The first kappa shape index (κ1) is 14.6. The number of furan rings is 1. The van der Waals surface area contributed by atoms with E-state index in [2.05, 4.69) is 54.5 Å². The zero-order valence-electron chi connectivity index (χ0n) is 12.6. The molecule has 0 spiro atoms. The molecule has 0 amide bonds. The maximum absolute atomic E-state index is 6.03. The number of rotatable bonds is 4. The molecule has 0 fully saturated rings. The third-order valence-electron chi connectivity index (χ3n) is 4.26. The van der Waals surface area contributed by atoms with Crippen LogP contribution < -0.4 is 5.19 Å². The van der Waals surface area contributed by atoms with Crippen LogP contribution in [0.25, 0.3) is 0 Å². The van der Waals surface area contributed by atoms with Crippen LogP contribution in [-0.4, -0.2) is 8.07 Å². The summed E-state index contributed by atoms with van der Waals surface area (Å²) < 4.78 is 6.03. The largest absolute Gasteiger partial charge is 0.466 e. The molecule has 1 aromatic rings. The first-order valence-corrected chi connectivity index (χ1v) is 9.54. The summed E-state index contributed by atoms with van der Waals surface area (Å²) in [4.78, 5) is 0. The van der Waals surface area contributed by atoms with E-state index in [1.165, 1.54) is 23.9 Å². The summed E-state index contributed by atoms with van der Waals surface area (Å²) in [6, 6.07) is 6.33. The van der Waals surface area contributed by atoms with Crippen LogP contribution in [0.2, 0.25) is 18.1 Å². The Balaban J connectivity index is 3.27. The van der Waals surface area contributed by atoms with Gasteiger partial charge in [-0.2, -0.15) is 0 Å². The van der Waals surface area contributed by atoms with Gasteiger partial charge in [0.1, 0.15) is 5.76 Å². The number of hydrogen-bond acceptors (Lipinski definition) is 1. The Morgan fingerprint density at radius 2 is 1.53 bits per heavy atom. The van der Waals surface area contributed by atoms with Crippen molar-refractivity contribution in [1.82, 2.24) is 0 Å². The molecule has 98 valence electrons. The summed E-state index contributed by atoms with van der Waals surface area (Å²) in [6.45, 7) is 15.9. The molecule has 1 heterocycles. The smallest absolute Gasteiger partial charge is 0.109 e. The maximum Gasteiger partial charge on any atom is 0.109 e. The van der Waals surface area contributed by atoms with E-state index < -0.39 is 8.07 Å². The normalized spacial score (nSPS) is 13.1. The second-order valence-corrected chi connectivity index (χ2v) is 11.4. The Bertz CT molecular complexity index is 358. The van der Waals surface area contributed by atoms with Crippen molar-refractivity contribution < 1.29 is 4.42 Å². The van der Waals surface area contributed by atoms with Crippen molar-refractivity contribution in [2.75, 3.05) is 0 Å². The van der Waals surface area contributed by atoms with Gasteiger partial charge in [0, 0.05) is 5.41 Å². The first-order valence-electron chi connectivity index (χ1n) is 6.92. The molecular weight excluding hydrogens is 224 g/mol. The topological polar surface area (TPSA) is 13.1 Å². The van der Waals surface area contributed by atoms with Crippen LogP contribution in [0.15, 0.2) is 10.5 Å². The van der Waals surface area contributed by atoms with Gasteiger partial charge in [-0.05, 0) is 18.2 Å². The number of aryl methyl sites for hydroxylation is 1. The van der Waals surface area contributed by atoms with E-state index in [0.717, 1.165) is 5.76 Å². The lowest BCUT2D eigenvalue weighted by atomic mass is 9.94. The highest BCUT2D eigenvalue weighted by Crippen LogP contribution is 2.28. The summed E-state index contributed by atoms with van der Waals surface area (Å²) in [5, 5.41) is 1.56. The van der Waals surface area contributed by atoms with E-state index in [1.54, 1.807) is 5.19 Å². The summed E-state index contributed by atoms with van der Waals surface area (Å²) >= 11 is 0. The van der Waals surface area contributed by atoms with E-state index in [9.17, 15) is 0 Å². The molecular formula is C15H28OSi. The third-order valence-corrected chi connectivity index (χ3v) is 9.96. The molecule has 17 heavy (non-hydrogen) atoms. The van der Waals surface area contributed by atoms with Crippen molar-refractivity contribution >= 4 is 13.3 Å². The van der Waals surface area contributed by atoms with Crippen LogP contribution in [0.1, 0.15) is 53.1 Å². The minimum absolute atomic E-state index is 0.123. The fourth-order valence-electron chi connectivity index (χ4n) is 2.70. The highest BCUT2D eigenvalue weighted by Gasteiger charge is 2.34. The Morgan fingerprint density at radius 3 is 1.82 bits per heavy atom. The zero-order chi connectivity index (χ0) is 13.3. The minimum Gasteiger partial charge on any atom is -0.466 e. The Morgan fingerprint density at radius 1 is 1.06 bits per heavy atom. The second kappa shape index (κ2) is 5.01. The molecule has 0 atom stereocenters. The van der Waals surface area contributed by atoms with Crippen molar-refractivity contribution in [2.45, 2.75) is 72.0 Å². The highest BCUT2D eigenvalue weighted by atomic mass is 28.3. The lowest BCUT2D eigenvalue weighted by Crippen LogP contribution is -2.46. The maximum atomic E-state index is 6.03. The van der Waals surface area contributed by atoms with Gasteiger partial charge >= 0.3 is 0 Å². The van der Waals surface area contributed by atoms with E-state index in [4.69, 9.17) is 4.42 Å². The summed E-state index contributed by atoms with van der Waals surface area (Å²) in [5.41, 5.74) is 0.123. The average molecular weight is 252 g/mol. The molecule has 0 unspecified atom stereocenters. The van der Waals surface area contributed by atoms with E-state index in [0.29, 0.717) is 0 Å². The van der Waals surface area contributed by atoms with E-state index in [-0.39, 0.29) is 5.41 Å². The zero-order valence-corrected chi connectivity index (χ0v) is 13.6. The van der Waals surface area contributed by atoms with Gasteiger partial charge in [-0.3, -0.25) is 0 Å². The SMILES string of the molecule is CC[Si](CC)(CC)c1cc(C(C)(C)C)oc1C. The Kier molecular flexibility index (Phi) is 4.29. The van der Waals surface area contributed by atoms with Crippen molar-refractivity contribution in [3.05, 3.63) is 17.6 Å². The van der Waals surface area contributed by atoms with E-state index >= 15 is 0 Å². The van der Waals surface area contributed by atoms with Gasteiger partial charge in [-0.1, -0.05) is 59.7 Å². The van der Waals surface area contributed by atoms with Crippen LogP contribution in [-0.2, 0) is 5.41 Å². The Labute approximate surface area is 108 Å². The molecule has 0 aromatic carbocycles. The van der Waals surface area contributed by atoms with Crippen LogP contribution in [0, 0.1) is 6.92 Å². The molecule has 0 aliphatic heterocycles. The predicted octanol–water partition coefficient (Wildman–Crippen LogP) is 4.60. The van der Waals surface area contributed by atoms with Gasteiger partial charge < -0.3 is 4.42 Å². The second-order valence-electron chi connectivity index (χ2n) is 6.17. The van der Waals surface area contributed by atoms with Gasteiger partial charge in [0.2, 0.25) is 0 Å². The van der Waals surface area contributed by atoms with Crippen molar-refractivity contribution in [2.24, 2.45) is 0 Å². The first-order chi connectivity index (χ1) is 7.80. The summed E-state index contributed by atoms with van der Waals surface area (Å²) in [6.07, 6.45) is 0. The molecule has 0 bridgehead atoms. The summed E-state index contributed by atoms with van der Waals surface area (Å²) in [7, 11) is -1.29. The monoisotopic (exact) mass is 252 g/mol. The molecule has 0 aliphatic carbocycles. The molecule has 0 radical (unpaired) electrons. The van der Waals surface area contributed by atoms with Gasteiger partial charge in [0.15, 0.2) is 0 Å². The molecule has 2 heteroatoms. The average Bonchev–Trinajstić information content (AvgIpc) is 2.65. The predicted molar refractivity (Wildman–Crippen MR) is 79.0 cm³/mol. The van der Waals surface area contributed by atoms with Crippen molar-refractivity contribution in [1.29, 1.82) is 0 Å². The van der Waals surface area contributed by atoms with Crippen molar-refractivity contribution in [3.63, 3.8) is 0 Å². The van der Waals surface area contributed by atoms with Crippen molar-refractivity contribution in [3.8, 4) is 0 Å². The third kappa shape index (κ3) is 2.67. The fraction of sp³-hybridized carbons (Fsp3) is 0.733. The molecule has 0 saturated carbocycles. The highest BCUT2D eigenvalue weighted by molar-refractivity contribution is 6.92. The molecule has 1 nitrogen and oxygen atoms in total. The summed E-state index contributed by atoms with van der Waals surface area (Å²) in [5.74, 6) is 2.32. The Hall–Kier alpha value is -0.503. The van der Waals surface area contributed by atoms with Gasteiger partial charge in [-0.15, -0.1) is 0 Å². The molecule has 0 saturated heterocycles. The van der Waals surface area contributed by atoms with Gasteiger partial charge in [0.05, 0.1) is 13.8 Å². The fourth-order valence-corrected chi connectivity index (χ4v) is 6.58. The lowest BCUT2D eigenvalue weighted by molar-refractivity contribution is 0.396. The van der Waals surface area contributed by atoms with Crippen LogP contribution in [0.3, 0.4) is 0 Å².